The second kappa shape index (κ2) is 18.6. The predicted octanol–water partition coefficient (Wildman–Crippen LogP) is 18.2. The van der Waals surface area contributed by atoms with Crippen molar-refractivity contribution in [1.29, 1.82) is 0 Å². The Morgan fingerprint density at radius 3 is 1.81 bits per heavy atom. The molecule has 2 unspecified atom stereocenters. The van der Waals surface area contributed by atoms with Gasteiger partial charge in [0, 0.05) is 15.9 Å². The van der Waals surface area contributed by atoms with Gasteiger partial charge in [0.15, 0.2) is 0 Å². The van der Waals surface area contributed by atoms with E-state index in [1.165, 1.54) is 50.0 Å². The van der Waals surface area contributed by atoms with E-state index >= 15 is 0 Å². The van der Waals surface area contributed by atoms with E-state index in [1.807, 2.05) is 48.5 Å². The van der Waals surface area contributed by atoms with E-state index in [0.717, 1.165) is 61.0 Å². The molecule has 12 rings (SSSR count). The second-order valence-corrected chi connectivity index (χ2v) is 23.2. The van der Waals surface area contributed by atoms with Crippen molar-refractivity contribution in [3.8, 4) is 56.4 Å². The van der Waals surface area contributed by atoms with Crippen LogP contribution in [0.15, 0.2) is 194 Å². The summed E-state index contributed by atoms with van der Waals surface area (Å²) < 4.78 is 41.1. The zero-order valence-corrected chi connectivity index (χ0v) is 45.3. The van der Waals surface area contributed by atoms with E-state index in [9.17, 15) is 0 Å². The van der Waals surface area contributed by atoms with Gasteiger partial charge in [0.05, 0.1) is 0 Å². The largest absolute Gasteiger partial charge is 0.238 e. The van der Waals surface area contributed by atoms with E-state index < -0.39 is 6.85 Å². The van der Waals surface area contributed by atoms with Crippen LogP contribution in [0.5, 0.6) is 11.5 Å². The number of imidazole rings is 1. The summed E-state index contributed by atoms with van der Waals surface area (Å²) in [6, 6.07) is 66.3. The van der Waals surface area contributed by atoms with Crippen molar-refractivity contribution in [2.24, 2.45) is 0 Å². The molecule has 0 saturated carbocycles. The molecule has 0 radical (unpaired) electrons. The van der Waals surface area contributed by atoms with Crippen LogP contribution >= 0.6 is 0 Å². The van der Waals surface area contributed by atoms with Crippen LogP contribution in [0.3, 0.4) is 0 Å². The Labute approximate surface area is 450 Å². The van der Waals surface area contributed by atoms with Crippen LogP contribution < -0.4 is 4.74 Å². The third kappa shape index (κ3) is 8.40. The Kier molecular flexibility index (Phi) is 11.1. The van der Waals surface area contributed by atoms with Gasteiger partial charge < -0.3 is 0 Å². The number of fused-ring (bicyclic) bond motifs is 5. The molecule has 0 N–H and O–H groups in total. The van der Waals surface area contributed by atoms with Crippen LogP contribution in [0.25, 0.3) is 77.7 Å². The molecule has 6 heteroatoms. The van der Waals surface area contributed by atoms with Gasteiger partial charge in [0.25, 0.3) is 0 Å². The van der Waals surface area contributed by atoms with Crippen LogP contribution in [0.2, 0.25) is 0 Å². The third-order valence-corrected chi connectivity index (χ3v) is 16.3. The molecule has 1 aliphatic carbocycles. The molecule has 8 aromatic carbocycles. The first-order chi connectivity index (χ1) is 36.9. The minimum absolute atomic E-state index is 0.0230. The first-order valence-corrected chi connectivity index (χ1v) is 27.0. The summed E-state index contributed by atoms with van der Waals surface area (Å²) in [6.45, 7) is 13.9. The predicted molar refractivity (Wildman–Crippen MR) is 304 cm³/mol. The number of rotatable bonds is 8. The van der Waals surface area contributed by atoms with Gasteiger partial charge in [0.1, 0.15) is 0 Å². The van der Waals surface area contributed by atoms with Gasteiger partial charge in [-0.2, -0.15) is 0 Å². The molecule has 5 nitrogen and oxygen atoms in total. The van der Waals surface area contributed by atoms with Crippen LogP contribution in [0.4, 0.5) is 0 Å². The minimum atomic E-state index is -2.37. The summed E-state index contributed by atoms with van der Waals surface area (Å²) in [5.74, 6) is 2.33. The second-order valence-electron chi connectivity index (χ2n) is 22.2. The molecule has 74 heavy (non-hydrogen) atoms. The number of hydrogen-bond donors (Lipinski definition) is 0. The van der Waals surface area contributed by atoms with Crippen molar-refractivity contribution >= 4 is 32.8 Å². The topological polar surface area (TPSA) is 36.9 Å². The first-order valence-electron chi connectivity index (χ1n) is 27.4. The number of nitrogens with zero attached hydrogens (tertiary/aromatic N) is 4. The summed E-state index contributed by atoms with van der Waals surface area (Å²) in [4.78, 5) is 4.96. The van der Waals surface area contributed by atoms with Crippen LogP contribution in [0.1, 0.15) is 105 Å². The quantitative estimate of drug-likeness (QED) is 0.152. The van der Waals surface area contributed by atoms with Gasteiger partial charge in [-0.25, -0.2) is 4.98 Å². The van der Waals surface area contributed by atoms with Gasteiger partial charge >= 0.3 is 353 Å². The molecule has 0 amide bonds. The number of aromatic nitrogens is 4. The molecule has 3 aromatic heterocycles. The average molecular weight is 1150 g/mol. The maximum absolute atomic E-state index is 8.61. The molecule has 0 spiro atoms. The zero-order chi connectivity index (χ0) is 53.5. The van der Waals surface area contributed by atoms with Gasteiger partial charge in [0.2, 0.25) is 0 Å². The maximum atomic E-state index is 8.61. The fourth-order valence-corrected chi connectivity index (χ4v) is 12.5. The Bertz CT molecular complexity index is 4100. The Balaban J connectivity index is 0.995. The number of benzene rings is 8. The molecule has 0 saturated heterocycles. The fourth-order valence-electron chi connectivity index (χ4n) is 11.3. The van der Waals surface area contributed by atoms with E-state index in [0.29, 0.717) is 23.0 Å². The minimum Gasteiger partial charge on any atom is -0.238 e. The molecule has 0 aliphatic heterocycles. The van der Waals surface area contributed by atoms with Crippen molar-refractivity contribution in [1.82, 2.24) is 18.7 Å². The van der Waals surface area contributed by atoms with Crippen molar-refractivity contribution in [2.75, 3.05) is 0 Å². The summed E-state index contributed by atoms with van der Waals surface area (Å²) in [6.07, 6.45) is 3.71. The summed E-state index contributed by atoms with van der Waals surface area (Å²) in [5, 5.41) is 2.06. The summed E-state index contributed by atoms with van der Waals surface area (Å²) >= 11 is 2.61. The molecule has 370 valence electrons. The molecule has 1 aliphatic rings. The van der Waals surface area contributed by atoms with Gasteiger partial charge in [-0.05, 0) is 30.1 Å². The molecule has 3 heterocycles. The molecular weight excluding hydrogens is 1080 g/mol. The normalized spacial score (nSPS) is 15.8. The monoisotopic (exact) mass is 1150 g/mol. The molecule has 2 atom stereocenters. The van der Waals surface area contributed by atoms with Crippen molar-refractivity contribution < 1.29 is 28.2 Å². The Hall–Kier alpha value is -7.33. The van der Waals surface area contributed by atoms with Crippen molar-refractivity contribution in [2.45, 2.75) is 90.9 Å². The Morgan fingerprint density at radius 1 is 0.527 bits per heavy atom. The molecule has 11 aromatic rings. The first kappa shape index (κ1) is 44.2. The van der Waals surface area contributed by atoms with E-state index in [1.54, 1.807) is 12.3 Å². The summed E-state index contributed by atoms with van der Waals surface area (Å²) in [5.41, 5.74) is 16.8. The van der Waals surface area contributed by atoms with Gasteiger partial charge in [-0.1, -0.05) is 48.5 Å². The van der Waals surface area contributed by atoms with Gasteiger partial charge in [-0.3, -0.25) is 0 Å². The third-order valence-electron chi connectivity index (χ3n) is 15.3. The van der Waals surface area contributed by atoms with Crippen molar-refractivity contribution in [3.63, 3.8) is 0 Å². The standard InChI is InChI=1S/C68H62N4O.Pt/c1-44-30-35-60(58-40-51(31-33-53(44)58)73-52-32-34-57-56-24-15-16-27-61(56)72(64(57)41-52)65-36-45(2)59(42-69-65)47-22-13-10-14-23-47)70-43-71(63-29-18-17-28-62(63)70)66-54(46-20-11-9-12-21-46)25-19-26-55(66)48-37-49(67(3,4)5)39-50(38-48)68(6,7)8;/h9-29,31-34,36-42,44,60H,30,35H2,1-8H3;/i2D3;. The number of aryl methyl sites for hydroxylation is 1. The Morgan fingerprint density at radius 2 is 1.12 bits per heavy atom. The van der Waals surface area contributed by atoms with Gasteiger partial charge in [-0.15, -0.1) is 0 Å². The number of pyridine rings is 1. The van der Waals surface area contributed by atoms with Crippen molar-refractivity contribution in [3.05, 3.63) is 226 Å². The molecule has 0 bridgehead atoms. The smallest absolute Gasteiger partial charge is 0.0374 e. The number of para-hydroxylation sites is 4. The van der Waals surface area contributed by atoms with Crippen LogP contribution in [-0.4, -0.2) is 18.7 Å². The molecular formula is C68H62N4OPt. The van der Waals surface area contributed by atoms with E-state index in [2.05, 4.69) is 215 Å². The van der Waals surface area contributed by atoms with E-state index in [4.69, 9.17) is 13.8 Å². The summed E-state index contributed by atoms with van der Waals surface area (Å²) in [7, 11) is 0. The number of ether oxygens (including phenoxy) is 1. The maximum Gasteiger partial charge on any atom is 0.0374 e. The van der Waals surface area contributed by atoms with E-state index in [-0.39, 0.29) is 22.4 Å². The SMILES string of the molecule is [2H]C([2H])([2H])c1cc(-n2c3ccccc3c3ccc(Oc4ccc5c(c4)C(n4[c](=[Pt])n(-c6c(-c7ccccc7)cccc6-c6cc(C(C)(C)C)cc(C(C)(C)C)c6)c6ccccc64)CCC5C)cc32)ncc1-c1ccccc1. The fraction of sp³-hybridized carbons (Fsp3) is 0.206. The average Bonchev–Trinajstić information content (AvgIpc) is 4.10. The molecule has 0 fully saturated rings. The van der Waals surface area contributed by atoms with Crippen LogP contribution in [-0.2, 0) is 30.2 Å². The number of hydrogen-bond acceptors (Lipinski definition) is 2. The zero-order valence-electron chi connectivity index (χ0n) is 46.1. The van der Waals surface area contributed by atoms with Crippen LogP contribution in [0, 0.1) is 10.7 Å².